The molecule has 1 aliphatic heterocycles. The number of rotatable bonds is 3. The maximum Gasteiger partial charge on any atom is 0.134 e. The van der Waals surface area contributed by atoms with Crippen molar-refractivity contribution in [1.82, 2.24) is 0 Å². The van der Waals surface area contributed by atoms with Crippen molar-refractivity contribution >= 4 is 5.76 Å². The lowest BCUT2D eigenvalue weighted by Crippen LogP contribution is -2.10. The van der Waals surface area contributed by atoms with E-state index in [0.29, 0.717) is 23.7 Å². The number of ether oxygens (including phenoxy) is 2. The Balaban J connectivity index is 2.39. The Morgan fingerprint density at radius 2 is 2.29 bits per heavy atom. The van der Waals surface area contributed by atoms with Gasteiger partial charge in [-0.15, -0.1) is 0 Å². The molecule has 17 heavy (non-hydrogen) atoms. The fourth-order valence-electron chi connectivity index (χ4n) is 1.73. The smallest absolute Gasteiger partial charge is 0.134 e. The van der Waals surface area contributed by atoms with Gasteiger partial charge in [0, 0.05) is 11.6 Å². The van der Waals surface area contributed by atoms with Crippen LogP contribution >= 0.6 is 0 Å². The lowest BCUT2D eigenvalue weighted by atomic mass is 10.0. The highest BCUT2D eigenvalue weighted by Gasteiger charge is 2.18. The molecule has 0 amide bonds. The van der Waals surface area contributed by atoms with Crippen molar-refractivity contribution in [3.05, 3.63) is 41.5 Å². The van der Waals surface area contributed by atoms with Gasteiger partial charge in [0.1, 0.15) is 23.9 Å². The van der Waals surface area contributed by atoms with E-state index in [1.54, 1.807) is 13.2 Å². The lowest BCUT2D eigenvalue weighted by Gasteiger charge is -2.19. The minimum absolute atomic E-state index is 0.290. The van der Waals surface area contributed by atoms with Gasteiger partial charge in [0.05, 0.1) is 12.7 Å². The monoisotopic (exact) mass is 232 g/mol. The van der Waals surface area contributed by atoms with Crippen LogP contribution in [0.5, 0.6) is 11.5 Å². The van der Waals surface area contributed by atoms with Crippen LogP contribution in [0.4, 0.5) is 0 Å². The normalized spacial score (nSPS) is 14.7. The highest BCUT2D eigenvalue weighted by molar-refractivity contribution is 5.72. The van der Waals surface area contributed by atoms with Crippen LogP contribution < -0.4 is 9.47 Å². The summed E-state index contributed by atoms with van der Waals surface area (Å²) in [7, 11) is 1.61. The zero-order chi connectivity index (χ0) is 12.3. The third-order valence-corrected chi connectivity index (χ3v) is 2.69. The molecule has 90 valence electrons. The van der Waals surface area contributed by atoms with Gasteiger partial charge in [-0.25, -0.2) is 0 Å². The Kier molecular flexibility index (Phi) is 3.38. The van der Waals surface area contributed by atoms with Crippen LogP contribution in [-0.2, 0) is 0 Å². The van der Waals surface area contributed by atoms with Crippen LogP contribution in [0, 0.1) is 0 Å². The van der Waals surface area contributed by atoms with Gasteiger partial charge in [-0.2, -0.15) is 0 Å². The summed E-state index contributed by atoms with van der Waals surface area (Å²) >= 11 is 0. The molecule has 0 saturated heterocycles. The van der Waals surface area contributed by atoms with Crippen LogP contribution in [0.3, 0.4) is 0 Å². The predicted molar refractivity (Wildman–Crippen MR) is 67.5 cm³/mol. The fourth-order valence-corrected chi connectivity index (χ4v) is 1.73. The van der Waals surface area contributed by atoms with Gasteiger partial charge in [-0.05, 0) is 18.6 Å². The van der Waals surface area contributed by atoms with Gasteiger partial charge >= 0.3 is 0 Å². The van der Waals surface area contributed by atoms with Crippen molar-refractivity contribution in [1.29, 1.82) is 0 Å². The lowest BCUT2D eigenvalue weighted by molar-refractivity contribution is 0.333. The molecule has 3 heteroatoms. The number of aliphatic hydroxyl groups is 1. The molecule has 0 aliphatic carbocycles. The van der Waals surface area contributed by atoms with Crippen LogP contribution in [0.25, 0.3) is 5.76 Å². The van der Waals surface area contributed by atoms with Gasteiger partial charge in [0.25, 0.3) is 0 Å². The second kappa shape index (κ2) is 4.95. The molecular formula is C14H16O3. The van der Waals surface area contributed by atoms with Gasteiger partial charge in [0.2, 0.25) is 0 Å². The molecule has 0 radical (unpaired) electrons. The van der Waals surface area contributed by atoms with Gasteiger partial charge in [-0.3, -0.25) is 0 Å². The molecule has 1 aliphatic rings. The van der Waals surface area contributed by atoms with Crippen molar-refractivity contribution in [2.24, 2.45) is 0 Å². The highest BCUT2D eigenvalue weighted by atomic mass is 16.5. The molecule has 1 N–H and O–H groups in total. The Morgan fingerprint density at radius 1 is 1.47 bits per heavy atom. The largest absolute Gasteiger partial charge is 0.507 e. The fraction of sp³-hybridized carbons (Fsp3) is 0.286. The zero-order valence-electron chi connectivity index (χ0n) is 10.1. The molecule has 0 unspecified atom stereocenters. The summed E-state index contributed by atoms with van der Waals surface area (Å²) in [6.45, 7) is 2.44. The maximum absolute atomic E-state index is 10.1. The molecule has 0 saturated carbocycles. The Hall–Kier alpha value is -1.90. The van der Waals surface area contributed by atoms with E-state index in [-0.39, 0.29) is 0 Å². The molecule has 1 heterocycles. The minimum atomic E-state index is 0.290. The number of benzene rings is 1. The van der Waals surface area contributed by atoms with Crippen molar-refractivity contribution in [2.45, 2.75) is 13.3 Å². The summed E-state index contributed by atoms with van der Waals surface area (Å²) < 4.78 is 10.7. The third-order valence-electron chi connectivity index (χ3n) is 2.69. The first-order valence-electron chi connectivity index (χ1n) is 5.66. The zero-order valence-corrected chi connectivity index (χ0v) is 10.1. The van der Waals surface area contributed by atoms with Crippen LogP contribution in [0.15, 0.2) is 35.9 Å². The molecule has 0 spiro atoms. The molecule has 0 fully saturated rings. The van der Waals surface area contributed by atoms with E-state index >= 15 is 0 Å². The number of allylic oxidation sites excluding steroid dienone is 1. The Labute approximate surface area is 101 Å². The van der Waals surface area contributed by atoms with Crippen LogP contribution in [-0.4, -0.2) is 18.8 Å². The van der Waals surface area contributed by atoms with Crippen molar-refractivity contribution in [2.75, 3.05) is 13.7 Å². The van der Waals surface area contributed by atoms with E-state index in [4.69, 9.17) is 9.47 Å². The van der Waals surface area contributed by atoms with E-state index in [2.05, 4.69) is 6.92 Å². The third kappa shape index (κ3) is 2.28. The van der Waals surface area contributed by atoms with Crippen molar-refractivity contribution < 1.29 is 14.6 Å². The first kappa shape index (κ1) is 11.6. The highest BCUT2D eigenvalue weighted by Crippen LogP contribution is 2.34. The summed E-state index contributed by atoms with van der Waals surface area (Å²) in [4.78, 5) is 0. The molecule has 0 aromatic heterocycles. The van der Waals surface area contributed by atoms with Gasteiger partial charge < -0.3 is 14.6 Å². The summed E-state index contributed by atoms with van der Waals surface area (Å²) in [5.41, 5.74) is 1.53. The standard InChI is InChI=1S/C14H16O3/c1-3-4-5-10-9-17-13-8-11(16-2)6-7-12(13)14(10)15/h4-8,15H,3,9H2,1-2H3. The molecule has 1 aromatic rings. The number of hydrogen-bond donors (Lipinski definition) is 1. The summed E-state index contributed by atoms with van der Waals surface area (Å²) in [6.07, 6.45) is 4.85. The average Bonchev–Trinajstić information content (AvgIpc) is 2.37. The molecule has 3 nitrogen and oxygen atoms in total. The number of aliphatic hydroxyl groups excluding tert-OH is 1. The van der Waals surface area contributed by atoms with E-state index in [0.717, 1.165) is 17.7 Å². The predicted octanol–water partition coefficient (Wildman–Crippen LogP) is 3.32. The van der Waals surface area contributed by atoms with Gasteiger partial charge in [0.15, 0.2) is 0 Å². The topological polar surface area (TPSA) is 38.7 Å². The quantitative estimate of drug-likeness (QED) is 0.868. The molecular weight excluding hydrogens is 216 g/mol. The van der Waals surface area contributed by atoms with E-state index < -0.39 is 0 Å². The van der Waals surface area contributed by atoms with Crippen LogP contribution in [0.1, 0.15) is 18.9 Å². The Bertz CT molecular complexity index is 472. The molecule has 2 rings (SSSR count). The summed E-state index contributed by atoms with van der Waals surface area (Å²) in [5.74, 6) is 1.68. The second-order valence-corrected chi connectivity index (χ2v) is 3.84. The number of fused-ring (bicyclic) bond motifs is 1. The van der Waals surface area contributed by atoms with E-state index in [1.165, 1.54) is 0 Å². The summed E-state index contributed by atoms with van der Waals surface area (Å²) in [6, 6.07) is 5.40. The van der Waals surface area contributed by atoms with Gasteiger partial charge in [-0.1, -0.05) is 19.1 Å². The molecule has 0 atom stereocenters. The first-order valence-corrected chi connectivity index (χ1v) is 5.66. The molecule has 1 aromatic carbocycles. The maximum atomic E-state index is 10.1. The molecule has 0 bridgehead atoms. The SMILES string of the molecule is CCC=CC1=C(O)c2ccc(OC)cc2OC1. The van der Waals surface area contributed by atoms with E-state index in [1.807, 2.05) is 24.3 Å². The first-order chi connectivity index (χ1) is 8.26. The number of methoxy groups -OCH3 is 1. The average molecular weight is 232 g/mol. The van der Waals surface area contributed by atoms with E-state index in [9.17, 15) is 5.11 Å². The minimum Gasteiger partial charge on any atom is -0.507 e. The number of hydrogen-bond acceptors (Lipinski definition) is 3. The Morgan fingerprint density at radius 3 is 3.00 bits per heavy atom. The summed E-state index contributed by atoms with van der Waals surface area (Å²) in [5, 5.41) is 10.1. The van der Waals surface area contributed by atoms with Crippen molar-refractivity contribution in [3.63, 3.8) is 0 Å². The second-order valence-electron chi connectivity index (χ2n) is 3.84. The van der Waals surface area contributed by atoms with Crippen molar-refractivity contribution in [3.8, 4) is 11.5 Å². The van der Waals surface area contributed by atoms with Crippen LogP contribution in [0.2, 0.25) is 0 Å².